The van der Waals surface area contributed by atoms with Crippen LogP contribution in [0.3, 0.4) is 0 Å². The smallest absolute Gasteiger partial charge is 0.0761 e. The van der Waals surface area contributed by atoms with Gasteiger partial charge in [-0.1, -0.05) is 60.7 Å². The topological polar surface area (TPSA) is 40.5 Å². The third kappa shape index (κ3) is 5.13. The Morgan fingerprint density at radius 2 is 0.889 bits per heavy atom. The van der Waals surface area contributed by atoms with Gasteiger partial charge in [0.05, 0.1) is 12.2 Å². The Balaban J connectivity index is 0.000000180. The third-order valence-corrected chi connectivity index (χ3v) is 2.56. The van der Waals surface area contributed by atoms with E-state index in [9.17, 15) is 0 Å². The van der Waals surface area contributed by atoms with E-state index >= 15 is 0 Å². The molecule has 0 amide bonds. The first kappa shape index (κ1) is 14.4. The van der Waals surface area contributed by atoms with Crippen molar-refractivity contribution in [2.45, 2.75) is 26.1 Å². The minimum Gasteiger partial charge on any atom is -0.389 e. The van der Waals surface area contributed by atoms with E-state index in [2.05, 4.69) is 0 Å². The molecule has 0 aliphatic carbocycles. The van der Waals surface area contributed by atoms with Gasteiger partial charge in [0.1, 0.15) is 0 Å². The molecule has 0 aliphatic heterocycles. The van der Waals surface area contributed by atoms with Crippen LogP contribution in [0.4, 0.5) is 0 Å². The fourth-order valence-electron chi connectivity index (χ4n) is 1.46. The zero-order valence-electron chi connectivity index (χ0n) is 10.8. The Morgan fingerprint density at radius 3 is 1.06 bits per heavy atom. The molecule has 2 aromatic carbocycles. The van der Waals surface area contributed by atoms with Crippen LogP contribution in [0.5, 0.6) is 0 Å². The lowest BCUT2D eigenvalue weighted by molar-refractivity contribution is 0.199. The van der Waals surface area contributed by atoms with E-state index in [0.29, 0.717) is 0 Å². The van der Waals surface area contributed by atoms with Gasteiger partial charge in [-0.05, 0) is 25.0 Å². The molecule has 2 nitrogen and oxygen atoms in total. The van der Waals surface area contributed by atoms with Gasteiger partial charge < -0.3 is 10.2 Å². The first-order valence-corrected chi connectivity index (χ1v) is 6.07. The van der Waals surface area contributed by atoms with Crippen LogP contribution in [0.1, 0.15) is 37.2 Å². The Hall–Kier alpha value is -1.64. The van der Waals surface area contributed by atoms with Crippen molar-refractivity contribution in [3.63, 3.8) is 0 Å². The lowest BCUT2D eigenvalue weighted by atomic mass is 10.1. The molecular weight excluding hydrogens is 224 g/mol. The third-order valence-electron chi connectivity index (χ3n) is 2.56. The van der Waals surface area contributed by atoms with Crippen LogP contribution in [-0.4, -0.2) is 10.2 Å². The predicted molar refractivity (Wildman–Crippen MR) is 74.2 cm³/mol. The number of aliphatic hydroxyl groups excluding tert-OH is 2. The zero-order valence-corrected chi connectivity index (χ0v) is 10.8. The van der Waals surface area contributed by atoms with Crippen LogP contribution in [0.2, 0.25) is 0 Å². The van der Waals surface area contributed by atoms with E-state index in [0.717, 1.165) is 11.1 Å². The average Bonchev–Trinajstić information content (AvgIpc) is 2.41. The Bertz CT molecular complexity index is 378. The van der Waals surface area contributed by atoms with Crippen molar-refractivity contribution in [3.05, 3.63) is 71.8 Å². The molecule has 2 rings (SSSR count). The molecule has 2 N–H and O–H groups in total. The lowest BCUT2D eigenvalue weighted by Crippen LogP contribution is -1.87. The van der Waals surface area contributed by atoms with E-state index in [1.807, 2.05) is 60.7 Å². The molecular formula is C16H20O2. The molecule has 2 unspecified atom stereocenters. The zero-order chi connectivity index (χ0) is 13.4. The van der Waals surface area contributed by atoms with Crippen molar-refractivity contribution in [1.82, 2.24) is 0 Å². The van der Waals surface area contributed by atoms with Crippen LogP contribution in [0, 0.1) is 0 Å². The van der Waals surface area contributed by atoms with Gasteiger partial charge >= 0.3 is 0 Å². The van der Waals surface area contributed by atoms with Gasteiger partial charge in [0.15, 0.2) is 0 Å². The Kier molecular flexibility index (Phi) is 6.12. The molecule has 0 saturated heterocycles. The number of benzene rings is 2. The highest BCUT2D eigenvalue weighted by Crippen LogP contribution is 2.09. The molecule has 2 heteroatoms. The fourth-order valence-corrected chi connectivity index (χ4v) is 1.46. The minimum absolute atomic E-state index is 0.341. The van der Waals surface area contributed by atoms with Crippen LogP contribution in [-0.2, 0) is 0 Å². The lowest BCUT2D eigenvalue weighted by Gasteiger charge is -2.00. The normalized spacial score (nSPS) is 13.1. The summed E-state index contributed by atoms with van der Waals surface area (Å²) < 4.78 is 0. The molecule has 0 spiro atoms. The van der Waals surface area contributed by atoms with Gasteiger partial charge in [-0.15, -0.1) is 0 Å². The summed E-state index contributed by atoms with van der Waals surface area (Å²) in [6, 6.07) is 19.2. The molecule has 18 heavy (non-hydrogen) atoms. The highest BCUT2D eigenvalue weighted by molar-refractivity contribution is 5.16. The van der Waals surface area contributed by atoms with Gasteiger partial charge in [-0.25, -0.2) is 0 Å². The quantitative estimate of drug-likeness (QED) is 0.849. The molecule has 0 bridgehead atoms. The van der Waals surface area contributed by atoms with Crippen molar-refractivity contribution in [3.8, 4) is 0 Å². The summed E-state index contributed by atoms with van der Waals surface area (Å²) in [5.41, 5.74) is 1.94. The minimum atomic E-state index is -0.341. The molecule has 0 saturated carbocycles. The second-order valence-electron chi connectivity index (χ2n) is 4.17. The van der Waals surface area contributed by atoms with Gasteiger partial charge in [0, 0.05) is 0 Å². The maximum absolute atomic E-state index is 9.02. The Morgan fingerprint density at radius 1 is 0.611 bits per heavy atom. The van der Waals surface area contributed by atoms with Gasteiger partial charge in [-0.2, -0.15) is 0 Å². The summed E-state index contributed by atoms with van der Waals surface area (Å²) in [5, 5.41) is 18.0. The van der Waals surface area contributed by atoms with E-state index in [4.69, 9.17) is 10.2 Å². The van der Waals surface area contributed by atoms with Crippen molar-refractivity contribution < 1.29 is 10.2 Å². The van der Waals surface area contributed by atoms with Crippen molar-refractivity contribution >= 4 is 0 Å². The van der Waals surface area contributed by atoms with Gasteiger partial charge in [0.2, 0.25) is 0 Å². The molecule has 2 atom stereocenters. The Labute approximate surface area is 109 Å². The molecule has 0 aromatic heterocycles. The summed E-state index contributed by atoms with van der Waals surface area (Å²) in [6.07, 6.45) is -0.683. The van der Waals surface area contributed by atoms with Crippen LogP contribution >= 0.6 is 0 Å². The SMILES string of the molecule is CC(O)c1ccccc1.CC(O)c1ccccc1. The monoisotopic (exact) mass is 244 g/mol. The summed E-state index contributed by atoms with van der Waals surface area (Å²) in [5.74, 6) is 0. The summed E-state index contributed by atoms with van der Waals surface area (Å²) >= 11 is 0. The van der Waals surface area contributed by atoms with E-state index in [1.165, 1.54) is 0 Å². The summed E-state index contributed by atoms with van der Waals surface area (Å²) in [7, 11) is 0. The molecule has 0 radical (unpaired) electrons. The number of rotatable bonds is 2. The van der Waals surface area contributed by atoms with Crippen molar-refractivity contribution in [2.75, 3.05) is 0 Å². The molecule has 0 heterocycles. The first-order valence-electron chi connectivity index (χ1n) is 6.07. The second kappa shape index (κ2) is 7.64. The molecule has 96 valence electrons. The number of aliphatic hydroxyl groups is 2. The van der Waals surface area contributed by atoms with Crippen LogP contribution in [0.25, 0.3) is 0 Å². The largest absolute Gasteiger partial charge is 0.389 e. The van der Waals surface area contributed by atoms with Crippen LogP contribution < -0.4 is 0 Å². The summed E-state index contributed by atoms with van der Waals surface area (Å²) in [6.45, 7) is 3.52. The van der Waals surface area contributed by atoms with Crippen molar-refractivity contribution in [2.24, 2.45) is 0 Å². The standard InChI is InChI=1S/2C8H10O/c2*1-7(9)8-5-3-2-4-6-8/h2*2-7,9H,1H3. The highest BCUT2D eigenvalue weighted by Gasteiger charge is 1.95. The average molecular weight is 244 g/mol. The van der Waals surface area contributed by atoms with E-state index in [-0.39, 0.29) is 12.2 Å². The molecule has 0 fully saturated rings. The maximum atomic E-state index is 9.02. The van der Waals surface area contributed by atoms with E-state index < -0.39 is 0 Å². The first-order chi connectivity index (χ1) is 8.61. The maximum Gasteiger partial charge on any atom is 0.0761 e. The van der Waals surface area contributed by atoms with Gasteiger partial charge in [-0.3, -0.25) is 0 Å². The van der Waals surface area contributed by atoms with Gasteiger partial charge in [0.25, 0.3) is 0 Å². The number of hydrogen-bond acceptors (Lipinski definition) is 2. The number of hydrogen-bond donors (Lipinski definition) is 2. The predicted octanol–water partition coefficient (Wildman–Crippen LogP) is 3.48. The van der Waals surface area contributed by atoms with Crippen LogP contribution in [0.15, 0.2) is 60.7 Å². The van der Waals surface area contributed by atoms with Crippen molar-refractivity contribution in [1.29, 1.82) is 0 Å². The molecule has 0 aliphatic rings. The van der Waals surface area contributed by atoms with E-state index in [1.54, 1.807) is 13.8 Å². The fraction of sp³-hybridized carbons (Fsp3) is 0.250. The second-order valence-corrected chi connectivity index (χ2v) is 4.17. The summed E-state index contributed by atoms with van der Waals surface area (Å²) in [4.78, 5) is 0. The highest BCUT2D eigenvalue weighted by atomic mass is 16.3. The molecule has 2 aromatic rings.